The van der Waals surface area contributed by atoms with Gasteiger partial charge in [0.05, 0.1) is 13.2 Å². The fraction of sp³-hybridized carbons (Fsp3) is 0.300. The van der Waals surface area contributed by atoms with Crippen molar-refractivity contribution in [1.29, 1.82) is 0 Å². The molecule has 0 unspecified atom stereocenters. The smallest absolute Gasteiger partial charge is 0.120 e. The zero-order chi connectivity index (χ0) is 16.9. The number of hydrogen-bond donors (Lipinski definition) is 0. The minimum Gasteiger partial charge on any atom is -0.491 e. The Kier molecular flexibility index (Phi) is 5.18. The van der Waals surface area contributed by atoms with Crippen molar-refractivity contribution in [3.05, 3.63) is 54.1 Å². The molecule has 4 nitrogen and oxygen atoms in total. The Morgan fingerprint density at radius 3 is 1.54 bits per heavy atom. The molecule has 0 saturated heterocycles. The highest BCUT2D eigenvalue weighted by molar-refractivity contribution is 6.01. The Morgan fingerprint density at radius 1 is 0.667 bits per heavy atom. The highest BCUT2D eigenvalue weighted by Gasteiger charge is 2.23. The molecule has 0 aromatic heterocycles. The molecule has 0 amide bonds. The summed E-state index contributed by atoms with van der Waals surface area (Å²) in [7, 11) is 3.33. The second-order valence-electron chi connectivity index (χ2n) is 5.58. The molecule has 0 fully saturated rings. The van der Waals surface area contributed by atoms with E-state index in [4.69, 9.17) is 18.9 Å². The van der Waals surface area contributed by atoms with Gasteiger partial charge in [0, 0.05) is 14.2 Å². The predicted octanol–water partition coefficient (Wildman–Crippen LogP) is 3.78. The first-order valence-electron chi connectivity index (χ1n) is 7.96. The Bertz CT molecular complexity index is 675. The Hall–Kier alpha value is -2.30. The van der Waals surface area contributed by atoms with Crippen molar-refractivity contribution >= 4 is 5.57 Å². The molecule has 126 valence electrons. The lowest BCUT2D eigenvalue weighted by Crippen LogP contribution is -2.04. The molecule has 0 spiro atoms. The number of ether oxygens (including phenoxy) is 4. The van der Waals surface area contributed by atoms with Gasteiger partial charge in [-0.25, -0.2) is 0 Å². The first-order valence-corrected chi connectivity index (χ1v) is 7.96. The van der Waals surface area contributed by atoms with Gasteiger partial charge in [0.2, 0.25) is 0 Å². The van der Waals surface area contributed by atoms with Crippen molar-refractivity contribution in [1.82, 2.24) is 0 Å². The molecule has 24 heavy (non-hydrogen) atoms. The van der Waals surface area contributed by atoms with E-state index in [1.54, 1.807) is 14.2 Å². The minimum atomic E-state index is 0.534. The van der Waals surface area contributed by atoms with Crippen LogP contribution in [0, 0.1) is 0 Å². The summed E-state index contributed by atoms with van der Waals surface area (Å²) >= 11 is 0. The maximum absolute atomic E-state index is 5.70. The van der Waals surface area contributed by atoms with Gasteiger partial charge in [-0.1, -0.05) is 18.7 Å². The van der Waals surface area contributed by atoms with E-state index in [9.17, 15) is 0 Å². The Balaban J connectivity index is 1.81. The molecule has 1 aliphatic rings. The van der Waals surface area contributed by atoms with Crippen LogP contribution in [0.3, 0.4) is 0 Å². The number of fused-ring (bicyclic) bond motifs is 3. The van der Waals surface area contributed by atoms with Crippen LogP contribution in [0.15, 0.2) is 43.0 Å². The first-order chi connectivity index (χ1) is 11.7. The molecular formula is C20H22O4. The zero-order valence-electron chi connectivity index (χ0n) is 14.1. The third-order valence-electron chi connectivity index (χ3n) is 4.03. The molecule has 3 rings (SSSR count). The van der Waals surface area contributed by atoms with E-state index in [2.05, 4.69) is 18.7 Å². The maximum Gasteiger partial charge on any atom is 0.120 e. The van der Waals surface area contributed by atoms with Gasteiger partial charge in [-0.3, -0.25) is 0 Å². The van der Waals surface area contributed by atoms with E-state index in [1.807, 2.05) is 24.3 Å². The van der Waals surface area contributed by atoms with Gasteiger partial charge in [-0.15, -0.1) is 0 Å². The van der Waals surface area contributed by atoms with E-state index in [-0.39, 0.29) is 0 Å². The number of hydrogen-bond acceptors (Lipinski definition) is 4. The molecule has 0 N–H and O–H groups in total. The Labute approximate surface area is 142 Å². The molecule has 0 heterocycles. The van der Waals surface area contributed by atoms with Crippen LogP contribution in [0.4, 0.5) is 0 Å². The topological polar surface area (TPSA) is 36.9 Å². The van der Waals surface area contributed by atoms with Gasteiger partial charge < -0.3 is 18.9 Å². The number of benzene rings is 2. The van der Waals surface area contributed by atoms with Crippen molar-refractivity contribution in [2.45, 2.75) is 0 Å². The molecule has 2 aromatic carbocycles. The highest BCUT2D eigenvalue weighted by atomic mass is 16.5. The SMILES string of the molecule is C=C1c2cc(OCCOC)ccc2-c2ccc(OCCOC)cc21. The fourth-order valence-corrected chi connectivity index (χ4v) is 2.83. The van der Waals surface area contributed by atoms with Crippen molar-refractivity contribution in [2.75, 3.05) is 40.6 Å². The third kappa shape index (κ3) is 3.30. The average molecular weight is 326 g/mol. The average Bonchev–Trinajstić information content (AvgIpc) is 2.88. The number of methoxy groups -OCH3 is 2. The fourth-order valence-electron chi connectivity index (χ4n) is 2.83. The van der Waals surface area contributed by atoms with Gasteiger partial charge in [-0.2, -0.15) is 0 Å². The van der Waals surface area contributed by atoms with Gasteiger partial charge in [0.1, 0.15) is 24.7 Å². The van der Waals surface area contributed by atoms with E-state index < -0.39 is 0 Å². The van der Waals surface area contributed by atoms with Crippen LogP contribution in [0.25, 0.3) is 16.7 Å². The summed E-state index contributed by atoms with van der Waals surface area (Å²) in [6, 6.07) is 12.2. The van der Waals surface area contributed by atoms with E-state index in [1.165, 1.54) is 11.1 Å². The van der Waals surface area contributed by atoms with Crippen LogP contribution < -0.4 is 9.47 Å². The highest BCUT2D eigenvalue weighted by Crippen LogP contribution is 2.45. The van der Waals surface area contributed by atoms with Crippen LogP contribution in [0.2, 0.25) is 0 Å². The Morgan fingerprint density at radius 2 is 1.12 bits per heavy atom. The van der Waals surface area contributed by atoms with E-state index in [0.29, 0.717) is 26.4 Å². The monoisotopic (exact) mass is 326 g/mol. The van der Waals surface area contributed by atoms with E-state index >= 15 is 0 Å². The number of rotatable bonds is 8. The summed E-state index contributed by atoms with van der Waals surface area (Å²) in [5.74, 6) is 1.66. The summed E-state index contributed by atoms with van der Waals surface area (Å²) in [6.45, 7) is 6.46. The molecule has 0 atom stereocenters. The predicted molar refractivity (Wildman–Crippen MR) is 94.8 cm³/mol. The summed E-state index contributed by atoms with van der Waals surface area (Å²) in [4.78, 5) is 0. The van der Waals surface area contributed by atoms with Gasteiger partial charge in [0.25, 0.3) is 0 Å². The lowest BCUT2D eigenvalue weighted by atomic mass is 10.1. The lowest BCUT2D eigenvalue weighted by Gasteiger charge is -2.08. The summed E-state index contributed by atoms with van der Waals surface area (Å²) in [5, 5.41) is 0. The zero-order valence-corrected chi connectivity index (χ0v) is 14.1. The van der Waals surface area contributed by atoms with Crippen LogP contribution in [-0.4, -0.2) is 40.6 Å². The van der Waals surface area contributed by atoms with Crippen molar-refractivity contribution in [2.24, 2.45) is 0 Å². The summed E-state index contributed by atoms with van der Waals surface area (Å²) < 4.78 is 21.4. The lowest BCUT2D eigenvalue weighted by molar-refractivity contribution is 0.146. The molecule has 0 saturated carbocycles. The van der Waals surface area contributed by atoms with Gasteiger partial charge in [-0.05, 0) is 52.1 Å². The molecule has 0 aliphatic heterocycles. The molecule has 2 aromatic rings. The van der Waals surface area contributed by atoms with Crippen LogP contribution in [0.5, 0.6) is 11.5 Å². The second-order valence-corrected chi connectivity index (χ2v) is 5.58. The summed E-state index contributed by atoms with van der Waals surface area (Å²) in [6.07, 6.45) is 0. The van der Waals surface area contributed by atoms with Crippen LogP contribution >= 0.6 is 0 Å². The summed E-state index contributed by atoms with van der Waals surface area (Å²) in [5.41, 5.74) is 5.56. The quantitative estimate of drug-likeness (QED) is 0.590. The van der Waals surface area contributed by atoms with Crippen LogP contribution in [0.1, 0.15) is 11.1 Å². The second kappa shape index (κ2) is 7.51. The largest absolute Gasteiger partial charge is 0.491 e. The standard InChI is InChI=1S/C20H22O4/c1-14-19-12-15(23-10-8-21-2)4-6-17(19)18-7-5-16(13-20(14)18)24-11-9-22-3/h4-7,12-13H,1,8-11H2,2-3H3. The normalized spacial score (nSPS) is 12.0. The van der Waals surface area contributed by atoms with Crippen molar-refractivity contribution in [3.63, 3.8) is 0 Å². The molecule has 0 bridgehead atoms. The van der Waals surface area contributed by atoms with Crippen molar-refractivity contribution < 1.29 is 18.9 Å². The molecule has 0 radical (unpaired) electrons. The molecule has 4 heteroatoms. The van der Waals surface area contributed by atoms with Gasteiger partial charge >= 0.3 is 0 Å². The first kappa shape index (κ1) is 16.6. The maximum atomic E-state index is 5.70. The molecular weight excluding hydrogens is 304 g/mol. The van der Waals surface area contributed by atoms with Crippen molar-refractivity contribution in [3.8, 4) is 22.6 Å². The minimum absolute atomic E-state index is 0.534. The molecule has 1 aliphatic carbocycles. The van der Waals surface area contributed by atoms with Gasteiger partial charge in [0.15, 0.2) is 0 Å². The van der Waals surface area contributed by atoms with Crippen LogP contribution in [-0.2, 0) is 9.47 Å². The van der Waals surface area contributed by atoms with E-state index in [0.717, 1.165) is 28.2 Å². The third-order valence-corrected chi connectivity index (χ3v) is 4.03.